The number of hydrogen-bond acceptors (Lipinski definition) is 2. The van der Waals surface area contributed by atoms with Gasteiger partial charge in [-0.15, -0.1) is 6.58 Å². The summed E-state index contributed by atoms with van der Waals surface area (Å²) in [6, 6.07) is 4.95. The summed E-state index contributed by atoms with van der Waals surface area (Å²) in [6.45, 7) is 6.01. The van der Waals surface area contributed by atoms with Crippen LogP contribution in [0.3, 0.4) is 0 Å². The molecule has 4 rings (SSSR count). The van der Waals surface area contributed by atoms with E-state index in [1.165, 1.54) is 83.1 Å². The van der Waals surface area contributed by atoms with E-state index in [4.69, 9.17) is 4.74 Å². The van der Waals surface area contributed by atoms with Crippen LogP contribution in [0.1, 0.15) is 122 Å². The first kappa shape index (κ1) is 28.4. The standard InChI is InChI=1S/C34H51FO2/c1-3-5-7-8-9-11-25-12-14-31-24-30(20-19-29(31)22-25)27-15-17-28(18-16-27)34(36)37-33-21-13-26(10-6-4-2)23-32(33)35/h4,13,21,23,25,27-31H,2-3,5-12,14-20,22,24H2,1H3. The predicted octanol–water partition coefficient (Wildman–Crippen LogP) is 9.85. The van der Waals surface area contributed by atoms with E-state index in [0.29, 0.717) is 0 Å². The van der Waals surface area contributed by atoms with Crippen molar-refractivity contribution in [2.45, 2.75) is 122 Å². The highest BCUT2D eigenvalue weighted by Gasteiger charge is 2.39. The highest BCUT2D eigenvalue weighted by molar-refractivity contribution is 5.75. The monoisotopic (exact) mass is 510 g/mol. The van der Waals surface area contributed by atoms with E-state index in [-0.39, 0.29) is 17.6 Å². The first-order valence-electron chi connectivity index (χ1n) is 15.7. The van der Waals surface area contributed by atoms with Crippen molar-refractivity contribution in [1.29, 1.82) is 0 Å². The largest absolute Gasteiger partial charge is 0.423 e. The molecule has 0 saturated heterocycles. The third-order valence-electron chi connectivity index (χ3n) is 10.1. The maximum atomic E-state index is 14.5. The molecule has 0 aliphatic heterocycles. The van der Waals surface area contributed by atoms with Gasteiger partial charge in [0.1, 0.15) is 0 Å². The molecule has 4 atom stereocenters. The molecular formula is C34H51FO2. The van der Waals surface area contributed by atoms with Gasteiger partial charge in [-0.05, 0) is 118 Å². The van der Waals surface area contributed by atoms with E-state index in [0.717, 1.165) is 73.7 Å². The van der Waals surface area contributed by atoms with Crippen molar-refractivity contribution in [3.05, 3.63) is 42.2 Å². The van der Waals surface area contributed by atoms with Crippen LogP contribution in [0.25, 0.3) is 0 Å². The molecule has 0 bridgehead atoms. The molecule has 2 nitrogen and oxygen atoms in total. The molecule has 3 saturated carbocycles. The number of halogens is 1. The van der Waals surface area contributed by atoms with Gasteiger partial charge in [0.15, 0.2) is 11.6 Å². The summed E-state index contributed by atoms with van der Waals surface area (Å²) in [7, 11) is 0. The van der Waals surface area contributed by atoms with Crippen LogP contribution in [0.4, 0.5) is 4.39 Å². The number of fused-ring (bicyclic) bond motifs is 1. The van der Waals surface area contributed by atoms with Crippen LogP contribution in [-0.4, -0.2) is 5.97 Å². The maximum absolute atomic E-state index is 14.5. The molecule has 0 amide bonds. The zero-order valence-electron chi connectivity index (χ0n) is 23.4. The van der Waals surface area contributed by atoms with E-state index >= 15 is 0 Å². The number of hydrogen-bond donors (Lipinski definition) is 0. The van der Waals surface area contributed by atoms with Gasteiger partial charge >= 0.3 is 5.97 Å². The SMILES string of the molecule is C=CCCc1ccc(OC(=O)C2CCC(C3CCC4CC(CCCCCCC)CCC4C3)CC2)c(F)c1. The first-order chi connectivity index (χ1) is 18.1. The number of unbranched alkanes of at least 4 members (excludes halogenated alkanes) is 4. The Morgan fingerprint density at radius 2 is 1.59 bits per heavy atom. The molecule has 3 aliphatic rings. The fourth-order valence-corrected chi connectivity index (χ4v) is 7.82. The number of rotatable bonds is 12. The molecule has 0 heterocycles. The molecule has 0 N–H and O–H groups in total. The maximum Gasteiger partial charge on any atom is 0.314 e. The Bertz CT molecular complexity index is 855. The number of ether oxygens (including phenoxy) is 1. The van der Waals surface area contributed by atoms with Crippen molar-refractivity contribution >= 4 is 5.97 Å². The Morgan fingerprint density at radius 1 is 0.919 bits per heavy atom. The molecule has 3 heteroatoms. The van der Waals surface area contributed by atoms with Crippen LogP contribution in [0, 0.1) is 41.3 Å². The normalized spacial score (nSPS) is 29.9. The quantitative estimate of drug-likeness (QED) is 0.121. The molecule has 0 radical (unpaired) electrons. The number of esters is 1. The van der Waals surface area contributed by atoms with Gasteiger partial charge in [0.25, 0.3) is 0 Å². The van der Waals surface area contributed by atoms with E-state index in [1.54, 1.807) is 6.07 Å². The van der Waals surface area contributed by atoms with Crippen molar-refractivity contribution < 1.29 is 13.9 Å². The van der Waals surface area contributed by atoms with Crippen LogP contribution in [0.2, 0.25) is 0 Å². The number of carbonyl (C=O) groups excluding carboxylic acids is 1. The van der Waals surface area contributed by atoms with E-state index in [2.05, 4.69) is 13.5 Å². The Balaban J connectivity index is 1.17. The molecule has 1 aromatic rings. The molecule has 3 aliphatic carbocycles. The second-order valence-corrected chi connectivity index (χ2v) is 12.6. The van der Waals surface area contributed by atoms with E-state index in [9.17, 15) is 9.18 Å². The number of allylic oxidation sites excluding steroid dienone is 1. The van der Waals surface area contributed by atoms with Crippen molar-refractivity contribution in [2.75, 3.05) is 0 Å². The van der Waals surface area contributed by atoms with Gasteiger partial charge in [0.2, 0.25) is 0 Å². The first-order valence-corrected chi connectivity index (χ1v) is 15.7. The third-order valence-corrected chi connectivity index (χ3v) is 10.1. The van der Waals surface area contributed by atoms with Crippen molar-refractivity contribution in [3.63, 3.8) is 0 Å². The summed E-state index contributed by atoms with van der Waals surface area (Å²) in [5, 5.41) is 0. The van der Waals surface area contributed by atoms with Gasteiger partial charge in [-0.1, -0.05) is 64.0 Å². The van der Waals surface area contributed by atoms with Crippen molar-refractivity contribution in [2.24, 2.45) is 35.5 Å². The Morgan fingerprint density at radius 3 is 2.32 bits per heavy atom. The highest BCUT2D eigenvalue weighted by atomic mass is 19.1. The molecule has 37 heavy (non-hydrogen) atoms. The summed E-state index contributed by atoms with van der Waals surface area (Å²) in [6.07, 6.45) is 24.7. The van der Waals surface area contributed by atoms with Crippen molar-refractivity contribution in [3.8, 4) is 5.75 Å². The third kappa shape index (κ3) is 8.17. The summed E-state index contributed by atoms with van der Waals surface area (Å²) in [4.78, 5) is 12.8. The summed E-state index contributed by atoms with van der Waals surface area (Å²) in [5.74, 6) is 3.86. The van der Waals surface area contributed by atoms with Gasteiger partial charge in [-0.2, -0.15) is 0 Å². The number of benzene rings is 1. The lowest BCUT2D eigenvalue weighted by Crippen LogP contribution is -2.35. The summed E-state index contributed by atoms with van der Waals surface area (Å²) >= 11 is 0. The minimum atomic E-state index is -0.438. The Hall–Kier alpha value is -1.64. The summed E-state index contributed by atoms with van der Waals surface area (Å²) < 4.78 is 20.0. The van der Waals surface area contributed by atoms with E-state index in [1.807, 2.05) is 12.1 Å². The number of aryl methyl sites for hydroxylation is 1. The molecule has 0 spiro atoms. The zero-order chi connectivity index (χ0) is 26.0. The average Bonchev–Trinajstić information content (AvgIpc) is 2.93. The fourth-order valence-electron chi connectivity index (χ4n) is 7.82. The molecule has 206 valence electrons. The van der Waals surface area contributed by atoms with Gasteiger partial charge in [0, 0.05) is 0 Å². The smallest absolute Gasteiger partial charge is 0.314 e. The lowest BCUT2D eigenvalue weighted by molar-refractivity contribution is -0.140. The van der Waals surface area contributed by atoms with Crippen LogP contribution in [-0.2, 0) is 11.2 Å². The fraction of sp³-hybridized carbons (Fsp3) is 0.735. The number of carbonyl (C=O) groups is 1. The zero-order valence-corrected chi connectivity index (χ0v) is 23.4. The minimum Gasteiger partial charge on any atom is -0.423 e. The Labute approximate surface area is 225 Å². The lowest BCUT2D eigenvalue weighted by Gasteiger charge is -2.45. The second kappa shape index (κ2) is 14.5. The molecule has 3 fully saturated rings. The van der Waals surface area contributed by atoms with Gasteiger partial charge in [-0.25, -0.2) is 4.39 Å². The van der Waals surface area contributed by atoms with Crippen LogP contribution in [0.15, 0.2) is 30.9 Å². The highest BCUT2D eigenvalue weighted by Crippen LogP contribution is 2.49. The Kier molecular flexibility index (Phi) is 11.1. The minimum absolute atomic E-state index is 0.0735. The van der Waals surface area contributed by atoms with E-state index < -0.39 is 5.82 Å². The molecular weight excluding hydrogens is 459 g/mol. The van der Waals surface area contributed by atoms with Gasteiger partial charge in [-0.3, -0.25) is 4.79 Å². The van der Waals surface area contributed by atoms with Gasteiger partial charge in [0.05, 0.1) is 5.92 Å². The topological polar surface area (TPSA) is 26.3 Å². The summed E-state index contributed by atoms with van der Waals surface area (Å²) in [5.41, 5.74) is 0.906. The van der Waals surface area contributed by atoms with Crippen LogP contribution < -0.4 is 4.74 Å². The molecule has 1 aromatic carbocycles. The van der Waals surface area contributed by atoms with Crippen LogP contribution >= 0.6 is 0 Å². The van der Waals surface area contributed by atoms with Crippen LogP contribution in [0.5, 0.6) is 5.75 Å². The predicted molar refractivity (Wildman–Crippen MR) is 151 cm³/mol. The lowest BCUT2D eigenvalue weighted by atomic mass is 9.60. The molecule has 4 unspecified atom stereocenters. The van der Waals surface area contributed by atoms with Crippen molar-refractivity contribution in [1.82, 2.24) is 0 Å². The van der Waals surface area contributed by atoms with Gasteiger partial charge < -0.3 is 4.74 Å². The average molecular weight is 511 g/mol. The second-order valence-electron chi connectivity index (χ2n) is 12.6. The molecule has 0 aromatic heterocycles.